The number of nitrogens with zero attached hydrogens (tertiary/aromatic N) is 5. The van der Waals surface area contributed by atoms with E-state index in [1.54, 1.807) is 0 Å². The predicted octanol–water partition coefficient (Wildman–Crippen LogP) is 4.81. The number of rotatable bonds is 5. The Morgan fingerprint density at radius 3 is 2.60 bits per heavy atom. The summed E-state index contributed by atoms with van der Waals surface area (Å²) in [7, 11) is 2.01. The molecule has 0 radical (unpaired) electrons. The number of nitrogens with two attached hydrogens (primary N) is 1. The van der Waals surface area contributed by atoms with Gasteiger partial charge in [-0.2, -0.15) is 23.1 Å². The van der Waals surface area contributed by atoms with Crippen molar-refractivity contribution in [1.29, 1.82) is 0 Å². The number of nitrogens with one attached hydrogen (secondary N) is 1. The van der Waals surface area contributed by atoms with Crippen LogP contribution in [0.1, 0.15) is 36.8 Å². The number of alkyl halides is 3. The molecule has 214 valence electrons. The second-order valence-corrected chi connectivity index (χ2v) is 11.3. The number of likely N-dealkylation sites (N-methyl/N-ethyl adjacent to an activating group) is 1. The Morgan fingerprint density at radius 2 is 1.98 bits per heavy atom. The van der Waals surface area contributed by atoms with Crippen molar-refractivity contribution in [3.63, 3.8) is 0 Å². The molecule has 3 atom stereocenters. The van der Waals surface area contributed by atoms with Crippen LogP contribution in [0, 0.1) is 12.7 Å². The lowest BCUT2D eigenvalue weighted by molar-refractivity contribution is -0.137. The molecule has 6 heterocycles. The van der Waals surface area contributed by atoms with Crippen LogP contribution in [0.5, 0.6) is 6.01 Å². The molecule has 40 heavy (non-hydrogen) atoms. The first-order valence-electron chi connectivity index (χ1n) is 13.4. The van der Waals surface area contributed by atoms with Crippen LogP contribution in [-0.4, -0.2) is 71.3 Å². The average molecular weight is 580 g/mol. The third kappa shape index (κ3) is 4.79. The zero-order valence-corrected chi connectivity index (χ0v) is 22.9. The van der Waals surface area contributed by atoms with Crippen LogP contribution >= 0.6 is 11.6 Å². The molecule has 1 aromatic carbocycles. The molecule has 0 unspecified atom stereocenters. The summed E-state index contributed by atoms with van der Waals surface area (Å²) in [5.41, 5.74) is 3.16. The first-order chi connectivity index (χ1) is 19.0. The molecule has 3 N–H and O–H groups in total. The summed E-state index contributed by atoms with van der Waals surface area (Å²) in [6, 6.07) is 3.03. The minimum Gasteiger partial charge on any atom is -0.462 e. The maximum absolute atomic E-state index is 16.4. The van der Waals surface area contributed by atoms with Gasteiger partial charge in [0, 0.05) is 36.6 Å². The number of halogens is 5. The molecule has 2 bridgehead atoms. The van der Waals surface area contributed by atoms with E-state index in [0.29, 0.717) is 24.4 Å². The number of nitrogen functional groups attached to an aromatic ring is 1. The third-order valence-electron chi connectivity index (χ3n) is 8.30. The van der Waals surface area contributed by atoms with E-state index >= 15 is 4.39 Å². The number of fused-ring (bicyclic) bond motifs is 4. The van der Waals surface area contributed by atoms with Crippen molar-refractivity contribution in [3.8, 4) is 17.3 Å². The Kier molecular flexibility index (Phi) is 6.90. The Labute approximate surface area is 233 Å². The van der Waals surface area contributed by atoms with Gasteiger partial charge in [0.2, 0.25) is 0 Å². The Balaban J connectivity index is 1.53. The lowest BCUT2D eigenvalue weighted by atomic mass is 9.92. The monoisotopic (exact) mass is 579 g/mol. The average Bonchev–Trinajstić information content (AvgIpc) is 3.31. The van der Waals surface area contributed by atoms with E-state index in [4.69, 9.17) is 27.1 Å². The number of hydrogen-bond acceptors (Lipinski definition) is 8. The number of hydrogen-bond donors (Lipinski definition) is 2. The second kappa shape index (κ2) is 10.1. The fourth-order valence-electron chi connectivity index (χ4n) is 6.23. The molecule has 4 fully saturated rings. The number of ether oxygens (including phenoxy) is 1. The summed E-state index contributed by atoms with van der Waals surface area (Å²) in [4.78, 5) is 17.3. The smallest absolute Gasteiger partial charge is 0.418 e. The first-order valence-corrected chi connectivity index (χ1v) is 13.8. The number of anilines is 2. The van der Waals surface area contributed by atoms with Gasteiger partial charge in [-0.05, 0) is 63.9 Å². The van der Waals surface area contributed by atoms with Crippen LogP contribution in [-0.2, 0) is 6.18 Å². The molecule has 0 aliphatic carbocycles. The molecular weight excluding hydrogens is 550 g/mol. The summed E-state index contributed by atoms with van der Waals surface area (Å²) >= 11 is 6.55. The number of piperazine rings is 1. The minimum absolute atomic E-state index is 0.0304. The molecule has 3 aromatic rings. The van der Waals surface area contributed by atoms with Gasteiger partial charge in [0.05, 0.1) is 21.8 Å². The zero-order chi connectivity index (χ0) is 28.3. The van der Waals surface area contributed by atoms with E-state index in [2.05, 4.69) is 25.1 Å². The van der Waals surface area contributed by atoms with E-state index < -0.39 is 28.8 Å². The molecule has 0 spiro atoms. The minimum atomic E-state index is -4.82. The van der Waals surface area contributed by atoms with E-state index in [-0.39, 0.29) is 46.1 Å². The van der Waals surface area contributed by atoms with Gasteiger partial charge in [0.25, 0.3) is 0 Å². The van der Waals surface area contributed by atoms with Gasteiger partial charge in [-0.15, -0.1) is 0 Å². The van der Waals surface area contributed by atoms with E-state index in [0.717, 1.165) is 44.8 Å². The van der Waals surface area contributed by atoms with Crippen LogP contribution in [0.4, 0.5) is 29.2 Å². The largest absolute Gasteiger partial charge is 0.462 e. The van der Waals surface area contributed by atoms with E-state index in [9.17, 15) is 13.2 Å². The number of piperidine rings is 2. The first kappa shape index (κ1) is 27.2. The molecule has 13 heteroatoms. The standard InChI is InChI=1S/C27H30ClF4N7O/c1-13-8-19(33)35-24(21(13)27(30,31)32)20-18(28)9-17-23(22(20)29)36-26(40-12-16-4-3-7-38(16)2)37-25(17)39-11-14-5-6-15(39)10-34-14/h8-9,14-16,34H,3-7,10-12H2,1-2H3,(H2,33,35)/t14-,15-,16-/m0/s1. The quantitative estimate of drug-likeness (QED) is 0.416. The summed E-state index contributed by atoms with van der Waals surface area (Å²) in [6.45, 7) is 3.91. The third-order valence-corrected chi connectivity index (χ3v) is 8.59. The summed E-state index contributed by atoms with van der Waals surface area (Å²) in [5.74, 6) is -0.755. The Morgan fingerprint density at radius 1 is 1.18 bits per heavy atom. The molecule has 4 saturated heterocycles. The summed E-state index contributed by atoms with van der Waals surface area (Å²) in [5, 5.41) is 3.55. The summed E-state index contributed by atoms with van der Waals surface area (Å²) in [6.07, 6.45) is -0.872. The number of likely N-dealkylation sites (tertiary alicyclic amines) is 1. The number of benzene rings is 1. The highest BCUT2D eigenvalue weighted by molar-refractivity contribution is 6.34. The fourth-order valence-corrected chi connectivity index (χ4v) is 6.51. The highest BCUT2D eigenvalue weighted by Crippen LogP contribution is 2.45. The maximum Gasteiger partial charge on any atom is 0.418 e. The molecule has 7 rings (SSSR count). The van der Waals surface area contributed by atoms with Crippen LogP contribution in [0.2, 0.25) is 5.02 Å². The topological polar surface area (TPSA) is 92.4 Å². The van der Waals surface area contributed by atoms with Crippen molar-refractivity contribution < 1.29 is 22.3 Å². The van der Waals surface area contributed by atoms with Crippen LogP contribution in [0.25, 0.3) is 22.2 Å². The Hall–Kier alpha value is -2.96. The zero-order valence-electron chi connectivity index (χ0n) is 22.2. The van der Waals surface area contributed by atoms with Gasteiger partial charge in [0.1, 0.15) is 23.8 Å². The van der Waals surface area contributed by atoms with Crippen molar-refractivity contribution in [3.05, 3.63) is 34.1 Å². The molecule has 8 nitrogen and oxygen atoms in total. The highest BCUT2D eigenvalue weighted by atomic mass is 35.5. The van der Waals surface area contributed by atoms with Crippen molar-refractivity contribution in [2.24, 2.45) is 0 Å². The molecular formula is C27H30ClF4N7O. The van der Waals surface area contributed by atoms with Crippen LogP contribution in [0.3, 0.4) is 0 Å². The van der Waals surface area contributed by atoms with Crippen LogP contribution in [0.15, 0.2) is 12.1 Å². The van der Waals surface area contributed by atoms with E-state index in [1.807, 2.05) is 7.05 Å². The van der Waals surface area contributed by atoms with Gasteiger partial charge in [-0.1, -0.05) is 11.6 Å². The number of pyridine rings is 1. The van der Waals surface area contributed by atoms with Crippen molar-refractivity contribution in [2.75, 3.05) is 43.9 Å². The number of aryl methyl sites for hydroxylation is 1. The summed E-state index contributed by atoms with van der Waals surface area (Å²) < 4.78 is 64.9. The normalized spacial score (nSPS) is 23.4. The van der Waals surface area contributed by atoms with Gasteiger partial charge in [-0.25, -0.2) is 9.37 Å². The molecule has 0 amide bonds. The fraction of sp³-hybridized carbons (Fsp3) is 0.519. The lowest BCUT2D eigenvalue weighted by Gasteiger charge is -2.46. The lowest BCUT2D eigenvalue weighted by Crippen LogP contribution is -2.61. The van der Waals surface area contributed by atoms with Gasteiger partial charge >= 0.3 is 12.2 Å². The van der Waals surface area contributed by atoms with Crippen LogP contribution < -0.4 is 20.7 Å². The van der Waals surface area contributed by atoms with E-state index in [1.165, 1.54) is 13.0 Å². The highest BCUT2D eigenvalue weighted by Gasteiger charge is 2.39. The van der Waals surface area contributed by atoms with Gasteiger partial charge < -0.3 is 25.6 Å². The van der Waals surface area contributed by atoms with Gasteiger partial charge in [-0.3, -0.25) is 0 Å². The molecule has 4 aliphatic heterocycles. The Bertz CT molecular complexity index is 1460. The molecule has 4 aliphatic rings. The number of aromatic nitrogens is 3. The van der Waals surface area contributed by atoms with Crippen molar-refractivity contribution in [1.82, 2.24) is 25.2 Å². The van der Waals surface area contributed by atoms with Crippen molar-refractivity contribution in [2.45, 2.75) is 56.9 Å². The molecule has 0 saturated carbocycles. The maximum atomic E-state index is 16.4. The second-order valence-electron chi connectivity index (χ2n) is 10.9. The molecule has 2 aromatic heterocycles. The SMILES string of the molecule is Cc1cc(N)nc(-c2c(Cl)cc3c(N4C[C@@H]5CC[C@H]4CN5)nc(OC[C@@H]4CCCN4C)nc3c2F)c1C(F)(F)F. The van der Waals surface area contributed by atoms with Crippen molar-refractivity contribution >= 4 is 34.1 Å². The predicted molar refractivity (Wildman–Crippen MR) is 145 cm³/mol. The van der Waals surface area contributed by atoms with Gasteiger partial charge in [0.15, 0.2) is 5.82 Å².